The molecule has 0 bridgehead atoms. The van der Waals surface area contributed by atoms with Crippen LogP contribution in [0.3, 0.4) is 0 Å². The lowest BCUT2D eigenvalue weighted by Crippen LogP contribution is -2.15. The molecule has 0 amide bonds. The SMILES string of the molecule is CC(O)CCn1ccc2c(CNC3CC3)cccc21. The summed E-state index contributed by atoms with van der Waals surface area (Å²) in [5.74, 6) is 0. The van der Waals surface area contributed by atoms with Gasteiger partial charge >= 0.3 is 0 Å². The van der Waals surface area contributed by atoms with Crippen LogP contribution in [-0.2, 0) is 13.1 Å². The number of hydrogen-bond acceptors (Lipinski definition) is 2. The average molecular weight is 258 g/mol. The van der Waals surface area contributed by atoms with Gasteiger partial charge in [-0.05, 0) is 43.9 Å². The van der Waals surface area contributed by atoms with E-state index < -0.39 is 0 Å². The highest BCUT2D eigenvalue weighted by Gasteiger charge is 2.20. The quantitative estimate of drug-likeness (QED) is 0.836. The summed E-state index contributed by atoms with van der Waals surface area (Å²) in [6.45, 7) is 3.68. The molecule has 3 nitrogen and oxygen atoms in total. The van der Waals surface area contributed by atoms with Crippen molar-refractivity contribution in [3.05, 3.63) is 36.0 Å². The summed E-state index contributed by atoms with van der Waals surface area (Å²) in [5, 5.41) is 14.3. The smallest absolute Gasteiger partial charge is 0.0529 e. The molecular weight excluding hydrogens is 236 g/mol. The van der Waals surface area contributed by atoms with Crippen LogP contribution in [0.25, 0.3) is 10.9 Å². The standard InChI is InChI=1S/C16H22N2O/c1-12(19)7-9-18-10-8-15-13(3-2-4-16(15)18)11-17-14-5-6-14/h2-4,8,10,12,14,17,19H,5-7,9,11H2,1H3. The van der Waals surface area contributed by atoms with E-state index in [-0.39, 0.29) is 6.10 Å². The van der Waals surface area contributed by atoms with Crippen LogP contribution in [0, 0.1) is 0 Å². The van der Waals surface area contributed by atoms with Crippen LogP contribution >= 0.6 is 0 Å². The largest absolute Gasteiger partial charge is 0.393 e. The number of benzene rings is 1. The van der Waals surface area contributed by atoms with E-state index in [0.717, 1.165) is 25.6 Å². The van der Waals surface area contributed by atoms with E-state index in [1.165, 1.54) is 29.3 Å². The second-order valence-corrected chi connectivity index (χ2v) is 5.65. The van der Waals surface area contributed by atoms with Crippen molar-refractivity contribution in [2.45, 2.75) is 51.4 Å². The summed E-state index contributed by atoms with van der Waals surface area (Å²) in [4.78, 5) is 0. The second kappa shape index (κ2) is 5.35. The van der Waals surface area contributed by atoms with Crippen molar-refractivity contribution in [2.75, 3.05) is 0 Å². The maximum atomic E-state index is 9.41. The Morgan fingerprint density at radius 3 is 2.95 bits per heavy atom. The van der Waals surface area contributed by atoms with Crippen LogP contribution in [0.1, 0.15) is 31.7 Å². The number of rotatable bonds is 6. The fourth-order valence-electron chi connectivity index (χ4n) is 2.50. The number of fused-ring (bicyclic) bond motifs is 1. The zero-order chi connectivity index (χ0) is 13.2. The molecule has 1 atom stereocenters. The van der Waals surface area contributed by atoms with Crippen molar-refractivity contribution in [1.29, 1.82) is 0 Å². The molecule has 0 saturated heterocycles. The van der Waals surface area contributed by atoms with Crippen molar-refractivity contribution in [3.63, 3.8) is 0 Å². The Hall–Kier alpha value is -1.32. The fourth-order valence-corrected chi connectivity index (χ4v) is 2.50. The molecule has 1 aliphatic carbocycles. The molecule has 2 N–H and O–H groups in total. The van der Waals surface area contributed by atoms with Crippen molar-refractivity contribution in [2.24, 2.45) is 0 Å². The Balaban J connectivity index is 1.79. The summed E-state index contributed by atoms with van der Waals surface area (Å²) in [7, 11) is 0. The third-order valence-electron chi connectivity index (χ3n) is 3.85. The minimum atomic E-state index is -0.239. The summed E-state index contributed by atoms with van der Waals surface area (Å²) in [5.41, 5.74) is 2.65. The highest BCUT2D eigenvalue weighted by atomic mass is 16.3. The van der Waals surface area contributed by atoms with Crippen molar-refractivity contribution >= 4 is 10.9 Å². The van der Waals surface area contributed by atoms with Gasteiger partial charge in [0.1, 0.15) is 0 Å². The van der Waals surface area contributed by atoms with Gasteiger partial charge in [-0.1, -0.05) is 12.1 Å². The highest BCUT2D eigenvalue weighted by Crippen LogP contribution is 2.23. The third kappa shape index (κ3) is 2.99. The normalized spacial score (nSPS) is 16.9. The Bertz CT molecular complexity index is 555. The van der Waals surface area contributed by atoms with Gasteiger partial charge in [0.25, 0.3) is 0 Å². The van der Waals surface area contributed by atoms with Crippen LogP contribution in [0.4, 0.5) is 0 Å². The molecule has 0 spiro atoms. The van der Waals surface area contributed by atoms with Crippen molar-refractivity contribution in [1.82, 2.24) is 9.88 Å². The predicted octanol–water partition coefficient (Wildman–Crippen LogP) is 2.66. The average Bonchev–Trinajstić information content (AvgIpc) is 3.13. The summed E-state index contributed by atoms with van der Waals surface area (Å²) in [6, 6.07) is 9.44. The lowest BCUT2D eigenvalue weighted by molar-refractivity contribution is 0.178. The van der Waals surface area contributed by atoms with Crippen LogP contribution in [0.5, 0.6) is 0 Å². The van der Waals surface area contributed by atoms with E-state index in [2.05, 4.69) is 40.3 Å². The number of aromatic nitrogens is 1. The third-order valence-corrected chi connectivity index (χ3v) is 3.85. The fraction of sp³-hybridized carbons (Fsp3) is 0.500. The van der Waals surface area contributed by atoms with Gasteiger partial charge in [0.05, 0.1) is 6.10 Å². The van der Waals surface area contributed by atoms with Crippen LogP contribution in [0.2, 0.25) is 0 Å². The van der Waals surface area contributed by atoms with Crippen LogP contribution < -0.4 is 5.32 Å². The molecular formula is C16H22N2O. The molecule has 2 aromatic rings. The highest BCUT2D eigenvalue weighted by molar-refractivity contribution is 5.83. The van der Waals surface area contributed by atoms with Gasteiger partial charge in [-0.2, -0.15) is 0 Å². The monoisotopic (exact) mass is 258 g/mol. The Morgan fingerprint density at radius 1 is 1.37 bits per heavy atom. The first-order valence-electron chi connectivity index (χ1n) is 7.22. The van der Waals surface area contributed by atoms with E-state index in [9.17, 15) is 5.11 Å². The first kappa shape index (κ1) is 12.7. The molecule has 1 unspecified atom stereocenters. The number of nitrogens with zero attached hydrogens (tertiary/aromatic N) is 1. The van der Waals surface area contributed by atoms with E-state index in [1.807, 2.05) is 6.92 Å². The predicted molar refractivity (Wildman–Crippen MR) is 78.1 cm³/mol. The summed E-state index contributed by atoms with van der Waals surface area (Å²) < 4.78 is 2.24. The topological polar surface area (TPSA) is 37.2 Å². The van der Waals surface area contributed by atoms with Gasteiger partial charge in [-0.3, -0.25) is 0 Å². The molecule has 0 radical (unpaired) electrons. The number of aryl methyl sites for hydroxylation is 1. The molecule has 102 valence electrons. The molecule has 19 heavy (non-hydrogen) atoms. The van der Waals surface area contributed by atoms with Crippen LogP contribution in [0.15, 0.2) is 30.5 Å². The van der Waals surface area contributed by atoms with Gasteiger partial charge < -0.3 is 15.0 Å². The van der Waals surface area contributed by atoms with E-state index in [4.69, 9.17) is 0 Å². The zero-order valence-electron chi connectivity index (χ0n) is 11.5. The first-order chi connectivity index (χ1) is 9.24. The molecule has 1 aromatic carbocycles. The number of aliphatic hydroxyl groups is 1. The number of nitrogens with one attached hydrogen (secondary N) is 1. The summed E-state index contributed by atoms with van der Waals surface area (Å²) >= 11 is 0. The molecule has 1 saturated carbocycles. The Labute approximate surface area is 114 Å². The Kier molecular flexibility index (Phi) is 3.58. The summed E-state index contributed by atoms with van der Waals surface area (Å²) in [6.07, 6.45) is 5.34. The first-order valence-corrected chi connectivity index (χ1v) is 7.22. The zero-order valence-corrected chi connectivity index (χ0v) is 11.5. The lowest BCUT2D eigenvalue weighted by atomic mass is 10.1. The minimum absolute atomic E-state index is 0.239. The van der Waals surface area contributed by atoms with Crippen molar-refractivity contribution in [3.8, 4) is 0 Å². The van der Waals surface area contributed by atoms with Gasteiger partial charge in [-0.25, -0.2) is 0 Å². The molecule has 1 aromatic heterocycles. The maximum Gasteiger partial charge on any atom is 0.0529 e. The second-order valence-electron chi connectivity index (χ2n) is 5.65. The van der Waals surface area contributed by atoms with E-state index >= 15 is 0 Å². The van der Waals surface area contributed by atoms with Gasteiger partial charge in [0.2, 0.25) is 0 Å². The molecule has 3 heteroatoms. The van der Waals surface area contributed by atoms with Gasteiger partial charge in [-0.15, -0.1) is 0 Å². The number of aliphatic hydroxyl groups excluding tert-OH is 1. The molecule has 1 heterocycles. The minimum Gasteiger partial charge on any atom is -0.393 e. The number of hydrogen-bond donors (Lipinski definition) is 2. The van der Waals surface area contributed by atoms with E-state index in [0.29, 0.717) is 0 Å². The molecule has 3 rings (SSSR count). The Morgan fingerprint density at radius 2 is 2.21 bits per heavy atom. The van der Waals surface area contributed by atoms with Crippen molar-refractivity contribution < 1.29 is 5.11 Å². The van der Waals surface area contributed by atoms with Gasteiger partial charge in [0, 0.05) is 36.2 Å². The molecule has 1 fully saturated rings. The van der Waals surface area contributed by atoms with Crippen LogP contribution in [-0.4, -0.2) is 21.8 Å². The molecule has 0 aliphatic heterocycles. The maximum absolute atomic E-state index is 9.41. The lowest BCUT2D eigenvalue weighted by Gasteiger charge is -2.09. The molecule has 1 aliphatic rings. The van der Waals surface area contributed by atoms with E-state index in [1.54, 1.807) is 0 Å². The van der Waals surface area contributed by atoms with Gasteiger partial charge in [0.15, 0.2) is 0 Å².